The highest BCUT2D eigenvalue weighted by atomic mass is 32.1. The van der Waals surface area contributed by atoms with Crippen LogP contribution in [0.5, 0.6) is 0 Å². The number of hydrogen-bond donors (Lipinski definition) is 2. The van der Waals surface area contributed by atoms with Gasteiger partial charge in [0.15, 0.2) is 0 Å². The average Bonchev–Trinajstić information content (AvgIpc) is 3.00. The molecule has 1 aromatic heterocycles. The molecular formula is C21H25FN2OS. The van der Waals surface area contributed by atoms with E-state index in [4.69, 9.17) is 0 Å². The molecule has 0 fully saturated rings. The van der Waals surface area contributed by atoms with Gasteiger partial charge < -0.3 is 10.6 Å². The van der Waals surface area contributed by atoms with Gasteiger partial charge in [-0.05, 0) is 53.9 Å². The summed E-state index contributed by atoms with van der Waals surface area (Å²) in [6, 6.07) is 6.28. The van der Waals surface area contributed by atoms with E-state index in [1.807, 2.05) is 0 Å². The highest BCUT2D eigenvalue weighted by molar-refractivity contribution is 7.16. The van der Waals surface area contributed by atoms with Gasteiger partial charge >= 0.3 is 0 Å². The monoisotopic (exact) mass is 372 g/mol. The van der Waals surface area contributed by atoms with E-state index in [9.17, 15) is 9.18 Å². The zero-order chi connectivity index (χ0) is 18.5. The number of benzene rings is 1. The van der Waals surface area contributed by atoms with Crippen molar-refractivity contribution >= 4 is 22.2 Å². The van der Waals surface area contributed by atoms with Crippen LogP contribution in [0, 0.1) is 17.2 Å². The molecule has 4 rings (SSSR count). The molecule has 2 aromatic rings. The van der Waals surface area contributed by atoms with E-state index < -0.39 is 0 Å². The van der Waals surface area contributed by atoms with E-state index >= 15 is 0 Å². The van der Waals surface area contributed by atoms with E-state index in [0.717, 1.165) is 35.4 Å². The van der Waals surface area contributed by atoms with Crippen molar-refractivity contribution in [3.8, 4) is 0 Å². The Bertz CT molecular complexity index is 840. The van der Waals surface area contributed by atoms with Gasteiger partial charge in [0.1, 0.15) is 17.0 Å². The minimum Gasteiger partial charge on any atom is -0.353 e. The predicted octanol–water partition coefficient (Wildman–Crippen LogP) is 5.28. The third-order valence-electron chi connectivity index (χ3n) is 6.26. The van der Waals surface area contributed by atoms with Crippen molar-refractivity contribution in [3.05, 3.63) is 51.7 Å². The van der Waals surface area contributed by atoms with Crippen molar-refractivity contribution in [3.63, 3.8) is 0 Å². The predicted molar refractivity (Wildman–Crippen MR) is 104 cm³/mol. The van der Waals surface area contributed by atoms with Crippen molar-refractivity contribution in [2.24, 2.45) is 11.3 Å². The molecule has 3 nitrogen and oxygen atoms in total. The fraction of sp³-hybridized carbons (Fsp3) is 0.476. The molecule has 2 atom stereocenters. The van der Waals surface area contributed by atoms with Gasteiger partial charge in [-0.25, -0.2) is 4.39 Å². The lowest BCUT2D eigenvalue weighted by Gasteiger charge is -2.36. The Morgan fingerprint density at radius 3 is 2.65 bits per heavy atom. The number of anilines is 1. The first-order valence-corrected chi connectivity index (χ1v) is 10.2. The van der Waals surface area contributed by atoms with Crippen LogP contribution in [0.3, 0.4) is 0 Å². The molecule has 0 saturated carbocycles. The summed E-state index contributed by atoms with van der Waals surface area (Å²) >= 11 is 1.73. The summed E-state index contributed by atoms with van der Waals surface area (Å²) in [4.78, 5) is 14.1. The average molecular weight is 373 g/mol. The smallest absolute Gasteiger partial charge is 0.256 e. The van der Waals surface area contributed by atoms with Crippen LogP contribution >= 0.6 is 11.3 Å². The molecule has 2 N–H and O–H groups in total. The van der Waals surface area contributed by atoms with Gasteiger partial charge in [-0.2, -0.15) is 0 Å². The zero-order valence-electron chi connectivity index (χ0n) is 15.5. The van der Waals surface area contributed by atoms with Gasteiger partial charge in [0.05, 0.1) is 5.56 Å². The lowest BCUT2D eigenvalue weighted by molar-refractivity contribution is 0.0934. The first-order chi connectivity index (χ1) is 12.4. The molecule has 0 bridgehead atoms. The summed E-state index contributed by atoms with van der Waals surface area (Å²) < 4.78 is 13.2. The van der Waals surface area contributed by atoms with Crippen molar-refractivity contribution in [2.75, 3.05) is 5.32 Å². The van der Waals surface area contributed by atoms with Gasteiger partial charge in [-0.1, -0.05) is 39.3 Å². The van der Waals surface area contributed by atoms with Crippen LogP contribution in [-0.4, -0.2) is 5.91 Å². The quantitative estimate of drug-likeness (QED) is 0.769. The molecule has 1 aliphatic carbocycles. The van der Waals surface area contributed by atoms with E-state index in [-0.39, 0.29) is 17.9 Å². The number of carbonyl (C=O) groups excluding carboxylic acids is 1. The van der Waals surface area contributed by atoms with Crippen LogP contribution in [0.1, 0.15) is 66.1 Å². The Labute approximate surface area is 158 Å². The Morgan fingerprint density at radius 1 is 1.23 bits per heavy atom. The summed E-state index contributed by atoms with van der Waals surface area (Å²) in [5.74, 6) is 0.377. The first kappa shape index (κ1) is 17.5. The lowest BCUT2D eigenvalue weighted by atomic mass is 9.69. The lowest BCUT2D eigenvalue weighted by Crippen LogP contribution is -2.38. The largest absolute Gasteiger partial charge is 0.353 e. The highest BCUT2D eigenvalue weighted by Crippen LogP contribution is 2.46. The van der Waals surface area contributed by atoms with Crippen LogP contribution in [-0.2, 0) is 12.8 Å². The van der Waals surface area contributed by atoms with Gasteiger partial charge in [-0.3, -0.25) is 4.79 Å². The molecular weight excluding hydrogens is 347 g/mol. The zero-order valence-corrected chi connectivity index (χ0v) is 16.3. The number of carbonyl (C=O) groups is 1. The first-order valence-electron chi connectivity index (χ1n) is 9.36. The summed E-state index contributed by atoms with van der Waals surface area (Å²) in [5.41, 5.74) is 3.25. The van der Waals surface area contributed by atoms with E-state index in [2.05, 4.69) is 31.4 Å². The molecule has 138 valence electrons. The summed E-state index contributed by atoms with van der Waals surface area (Å²) in [6.07, 6.45) is 4.05. The topological polar surface area (TPSA) is 41.1 Å². The Hall–Kier alpha value is -1.88. The fourth-order valence-electron chi connectivity index (χ4n) is 4.08. The normalized spacial score (nSPS) is 22.2. The Kier molecular flexibility index (Phi) is 4.30. The second-order valence-corrected chi connectivity index (χ2v) is 9.20. The maximum Gasteiger partial charge on any atom is 0.256 e. The Morgan fingerprint density at radius 2 is 1.96 bits per heavy atom. The van der Waals surface area contributed by atoms with Crippen LogP contribution in [0.2, 0.25) is 0 Å². The molecule has 1 amide bonds. The highest BCUT2D eigenvalue weighted by Gasteiger charge is 2.37. The molecule has 26 heavy (non-hydrogen) atoms. The summed E-state index contributed by atoms with van der Waals surface area (Å²) in [5, 5.41) is 7.44. The van der Waals surface area contributed by atoms with Crippen molar-refractivity contribution in [1.82, 2.24) is 5.32 Å². The molecule has 5 heteroatoms. The standard InChI is InChI=1S/C21H25FN2OS/c1-4-21(2,3)13-7-10-15-16(11-13)26-20-17(15)19(25)23-18(24-20)12-5-8-14(22)9-6-12/h5-6,8-9,13,18,24H,4,7,10-11H2,1-3H3,(H,23,25)/t13-,18+/m0/s1. The third kappa shape index (κ3) is 2.92. The number of halogens is 1. The Balaban J connectivity index is 1.63. The van der Waals surface area contributed by atoms with Crippen molar-refractivity contribution in [1.29, 1.82) is 0 Å². The van der Waals surface area contributed by atoms with Crippen LogP contribution in [0.25, 0.3) is 0 Å². The molecule has 1 aliphatic heterocycles. The molecule has 2 heterocycles. The molecule has 0 spiro atoms. The van der Waals surface area contributed by atoms with Crippen LogP contribution < -0.4 is 10.6 Å². The second-order valence-electron chi connectivity index (χ2n) is 8.09. The molecule has 0 saturated heterocycles. The second kappa shape index (κ2) is 6.38. The van der Waals surface area contributed by atoms with Gasteiger partial charge in [0.2, 0.25) is 0 Å². The van der Waals surface area contributed by atoms with E-state index in [1.165, 1.54) is 29.0 Å². The number of thiophene rings is 1. The van der Waals surface area contributed by atoms with E-state index in [0.29, 0.717) is 11.3 Å². The number of nitrogens with one attached hydrogen (secondary N) is 2. The summed E-state index contributed by atoms with van der Waals surface area (Å²) in [6.45, 7) is 6.97. The fourth-order valence-corrected chi connectivity index (χ4v) is 5.43. The minimum absolute atomic E-state index is 0.0150. The number of rotatable bonds is 3. The van der Waals surface area contributed by atoms with Crippen molar-refractivity contribution < 1.29 is 9.18 Å². The maximum atomic E-state index is 13.2. The molecule has 1 aromatic carbocycles. The van der Waals surface area contributed by atoms with Gasteiger partial charge in [0, 0.05) is 4.88 Å². The third-order valence-corrected chi connectivity index (χ3v) is 7.45. The number of amides is 1. The minimum atomic E-state index is -0.307. The van der Waals surface area contributed by atoms with E-state index in [1.54, 1.807) is 23.5 Å². The summed E-state index contributed by atoms with van der Waals surface area (Å²) in [7, 11) is 0. The van der Waals surface area contributed by atoms with Gasteiger partial charge in [-0.15, -0.1) is 11.3 Å². The number of hydrogen-bond acceptors (Lipinski definition) is 3. The van der Waals surface area contributed by atoms with Crippen LogP contribution in [0.15, 0.2) is 24.3 Å². The SMILES string of the molecule is CCC(C)(C)[C@H]1CCc2c(sc3c2C(=O)N[C@@H](c2ccc(F)cc2)N3)C1. The van der Waals surface area contributed by atoms with Crippen LogP contribution in [0.4, 0.5) is 9.39 Å². The maximum absolute atomic E-state index is 13.2. The molecule has 2 aliphatic rings. The van der Waals surface area contributed by atoms with Crippen molar-refractivity contribution in [2.45, 2.75) is 52.6 Å². The molecule has 0 unspecified atom stereocenters. The van der Waals surface area contributed by atoms with Gasteiger partial charge in [0.25, 0.3) is 5.91 Å². The molecule has 0 radical (unpaired) electrons. The number of fused-ring (bicyclic) bond motifs is 3.